The van der Waals surface area contributed by atoms with Crippen molar-refractivity contribution in [2.45, 2.75) is 19.8 Å². The molecule has 0 unspecified atom stereocenters. The van der Waals surface area contributed by atoms with Gasteiger partial charge in [0.15, 0.2) is 0 Å². The Balaban J connectivity index is 2.49. The van der Waals surface area contributed by atoms with Crippen molar-refractivity contribution in [1.29, 1.82) is 0 Å². The largest absolute Gasteiger partial charge is 0.207 e. The van der Waals surface area contributed by atoms with E-state index in [-0.39, 0.29) is 5.82 Å². The van der Waals surface area contributed by atoms with Crippen LogP contribution < -0.4 is 0 Å². The summed E-state index contributed by atoms with van der Waals surface area (Å²) >= 11 is 1.64. The predicted molar refractivity (Wildman–Crippen MR) is 63.8 cm³/mol. The summed E-state index contributed by atoms with van der Waals surface area (Å²) in [5.41, 5.74) is 2.03. The average Bonchev–Trinajstić information content (AvgIpc) is 2.69. The molecule has 1 aromatic heterocycles. The molecule has 2 aromatic rings. The zero-order valence-corrected chi connectivity index (χ0v) is 9.64. The SMILES string of the molecule is CC(C)c1cc(F)cc(-c2cccs2)c1. The number of hydrogen-bond donors (Lipinski definition) is 0. The van der Waals surface area contributed by atoms with E-state index in [4.69, 9.17) is 0 Å². The molecule has 0 aliphatic heterocycles. The molecule has 0 spiro atoms. The second kappa shape index (κ2) is 4.15. The first-order chi connectivity index (χ1) is 7.16. The standard InChI is InChI=1S/C13H13FS/c1-9(2)10-6-11(8-12(14)7-10)13-4-3-5-15-13/h3-9H,1-2H3. The molecular weight excluding hydrogens is 207 g/mol. The first-order valence-electron chi connectivity index (χ1n) is 5.01. The fourth-order valence-corrected chi connectivity index (χ4v) is 2.25. The minimum absolute atomic E-state index is 0.149. The molecule has 0 amide bonds. The highest BCUT2D eigenvalue weighted by Gasteiger charge is 2.06. The van der Waals surface area contributed by atoms with E-state index in [1.54, 1.807) is 23.5 Å². The van der Waals surface area contributed by atoms with Crippen molar-refractivity contribution in [3.63, 3.8) is 0 Å². The fraction of sp³-hybridized carbons (Fsp3) is 0.231. The molecule has 15 heavy (non-hydrogen) atoms. The first kappa shape index (κ1) is 10.4. The minimum atomic E-state index is -0.149. The van der Waals surface area contributed by atoms with Crippen molar-refractivity contribution in [3.05, 3.63) is 47.1 Å². The van der Waals surface area contributed by atoms with Crippen LogP contribution in [0.1, 0.15) is 25.3 Å². The Morgan fingerprint density at radius 1 is 1.20 bits per heavy atom. The zero-order valence-electron chi connectivity index (χ0n) is 8.83. The van der Waals surface area contributed by atoms with E-state index in [1.165, 1.54) is 0 Å². The highest BCUT2D eigenvalue weighted by molar-refractivity contribution is 7.13. The van der Waals surface area contributed by atoms with Gasteiger partial charge in [-0.1, -0.05) is 19.9 Å². The van der Waals surface area contributed by atoms with Crippen molar-refractivity contribution in [3.8, 4) is 10.4 Å². The third-order valence-corrected chi connectivity index (χ3v) is 3.31. The van der Waals surface area contributed by atoms with Gasteiger partial charge in [0.25, 0.3) is 0 Å². The minimum Gasteiger partial charge on any atom is -0.207 e. The van der Waals surface area contributed by atoms with Crippen LogP contribution in [0.5, 0.6) is 0 Å². The molecule has 0 aliphatic carbocycles. The Morgan fingerprint density at radius 2 is 2.00 bits per heavy atom. The lowest BCUT2D eigenvalue weighted by Gasteiger charge is -2.07. The summed E-state index contributed by atoms with van der Waals surface area (Å²) in [5.74, 6) is 0.212. The smallest absolute Gasteiger partial charge is 0.124 e. The highest BCUT2D eigenvalue weighted by atomic mass is 32.1. The normalized spacial score (nSPS) is 10.9. The van der Waals surface area contributed by atoms with Gasteiger partial charge < -0.3 is 0 Å². The number of benzene rings is 1. The zero-order chi connectivity index (χ0) is 10.8. The predicted octanol–water partition coefficient (Wildman–Crippen LogP) is 4.68. The quantitative estimate of drug-likeness (QED) is 0.689. The Bertz CT molecular complexity index is 444. The summed E-state index contributed by atoms with van der Waals surface area (Å²) < 4.78 is 13.4. The third-order valence-electron chi connectivity index (χ3n) is 2.39. The van der Waals surface area contributed by atoms with E-state index >= 15 is 0 Å². The van der Waals surface area contributed by atoms with Gasteiger partial charge in [-0.25, -0.2) is 4.39 Å². The van der Waals surface area contributed by atoms with Crippen LogP contribution in [0.3, 0.4) is 0 Å². The van der Waals surface area contributed by atoms with Crippen molar-refractivity contribution in [1.82, 2.24) is 0 Å². The summed E-state index contributed by atoms with van der Waals surface area (Å²) in [6, 6.07) is 9.28. The molecule has 0 aliphatic rings. The molecule has 0 saturated carbocycles. The summed E-state index contributed by atoms with van der Waals surface area (Å²) in [6.45, 7) is 4.15. The number of thiophene rings is 1. The Kier molecular flexibility index (Phi) is 2.87. The molecule has 2 heteroatoms. The lowest BCUT2D eigenvalue weighted by molar-refractivity contribution is 0.624. The lowest BCUT2D eigenvalue weighted by Crippen LogP contribution is -1.89. The van der Waals surface area contributed by atoms with E-state index in [2.05, 4.69) is 19.9 Å². The van der Waals surface area contributed by atoms with Gasteiger partial charge >= 0.3 is 0 Å². The van der Waals surface area contributed by atoms with Crippen LogP contribution in [0.15, 0.2) is 35.7 Å². The second-order valence-corrected chi connectivity index (χ2v) is 4.85. The maximum absolute atomic E-state index is 13.4. The summed E-state index contributed by atoms with van der Waals surface area (Å²) in [7, 11) is 0. The van der Waals surface area contributed by atoms with Gasteiger partial charge in [-0.15, -0.1) is 11.3 Å². The topological polar surface area (TPSA) is 0 Å². The summed E-state index contributed by atoms with van der Waals surface area (Å²) in [6.07, 6.45) is 0. The molecule has 0 fully saturated rings. The number of hydrogen-bond acceptors (Lipinski definition) is 1. The number of halogens is 1. The number of rotatable bonds is 2. The van der Waals surface area contributed by atoms with Crippen molar-refractivity contribution in [2.75, 3.05) is 0 Å². The van der Waals surface area contributed by atoms with Crippen LogP contribution >= 0.6 is 11.3 Å². The third kappa shape index (κ3) is 2.26. The summed E-state index contributed by atoms with van der Waals surface area (Å²) in [5, 5.41) is 2.01. The summed E-state index contributed by atoms with van der Waals surface area (Å²) in [4.78, 5) is 1.12. The molecule has 1 heterocycles. The van der Waals surface area contributed by atoms with Gasteiger partial charge in [-0.3, -0.25) is 0 Å². The molecule has 0 atom stereocenters. The maximum atomic E-state index is 13.4. The van der Waals surface area contributed by atoms with Crippen LogP contribution in [-0.2, 0) is 0 Å². The first-order valence-corrected chi connectivity index (χ1v) is 5.89. The van der Waals surface area contributed by atoms with Crippen LogP contribution in [0.25, 0.3) is 10.4 Å². The van der Waals surface area contributed by atoms with E-state index < -0.39 is 0 Å². The van der Waals surface area contributed by atoms with Crippen LogP contribution in [0, 0.1) is 5.82 Å². The molecule has 0 N–H and O–H groups in total. The van der Waals surface area contributed by atoms with Crippen molar-refractivity contribution >= 4 is 11.3 Å². The van der Waals surface area contributed by atoms with Crippen molar-refractivity contribution < 1.29 is 4.39 Å². The van der Waals surface area contributed by atoms with Gasteiger partial charge in [0.1, 0.15) is 5.82 Å². The van der Waals surface area contributed by atoms with E-state index in [1.807, 2.05) is 17.5 Å². The molecule has 0 nitrogen and oxygen atoms in total. The van der Waals surface area contributed by atoms with Crippen LogP contribution in [-0.4, -0.2) is 0 Å². The van der Waals surface area contributed by atoms with Crippen LogP contribution in [0.2, 0.25) is 0 Å². The van der Waals surface area contributed by atoms with E-state index in [9.17, 15) is 4.39 Å². The van der Waals surface area contributed by atoms with Gasteiger partial charge in [-0.05, 0) is 46.7 Å². The molecule has 0 radical (unpaired) electrons. The Morgan fingerprint density at radius 3 is 2.60 bits per heavy atom. The fourth-order valence-electron chi connectivity index (χ4n) is 1.53. The molecule has 2 rings (SSSR count). The van der Waals surface area contributed by atoms with E-state index in [0.29, 0.717) is 5.92 Å². The van der Waals surface area contributed by atoms with Gasteiger partial charge in [0.05, 0.1) is 0 Å². The Labute approximate surface area is 93.4 Å². The molecule has 78 valence electrons. The average molecular weight is 220 g/mol. The van der Waals surface area contributed by atoms with Gasteiger partial charge in [0.2, 0.25) is 0 Å². The maximum Gasteiger partial charge on any atom is 0.124 e. The van der Waals surface area contributed by atoms with Crippen molar-refractivity contribution in [2.24, 2.45) is 0 Å². The van der Waals surface area contributed by atoms with Crippen LogP contribution in [0.4, 0.5) is 4.39 Å². The Hall–Kier alpha value is -1.15. The second-order valence-electron chi connectivity index (χ2n) is 3.91. The van der Waals surface area contributed by atoms with Gasteiger partial charge in [-0.2, -0.15) is 0 Å². The lowest BCUT2D eigenvalue weighted by atomic mass is 10.00. The molecular formula is C13H13FS. The molecule has 1 aromatic carbocycles. The molecule has 0 bridgehead atoms. The monoisotopic (exact) mass is 220 g/mol. The molecule has 0 saturated heterocycles. The highest BCUT2D eigenvalue weighted by Crippen LogP contribution is 2.28. The van der Waals surface area contributed by atoms with E-state index in [0.717, 1.165) is 16.0 Å². The van der Waals surface area contributed by atoms with Gasteiger partial charge in [0, 0.05) is 4.88 Å².